The number of rotatable bonds is 6. The van der Waals surface area contributed by atoms with Crippen molar-refractivity contribution in [2.45, 2.75) is 59.3 Å². The number of carbonyl (C=O) groups is 3. The molecule has 0 radical (unpaired) electrons. The van der Waals surface area contributed by atoms with Gasteiger partial charge in [-0.05, 0) is 19.3 Å². The zero-order chi connectivity index (χ0) is 15.0. The topological polar surface area (TPSA) is 120 Å². The molecule has 116 valence electrons. The molecule has 0 aromatic carbocycles. The van der Waals surface area contributed by atoms with Gasteiger partial charge in [0, 0.05) is 17.9 Å². The van der Waals surface area contributed by atoms with Crippen molar-refractivity contribution >= 4 is 17.9 Å². The minimum Gasteiger partial charge on any atom is -0.550 e. The van der Waals surface area contributed by atoms with Gasteiger partial charge in [0.25, 0.3) is 0 Å². The molecule has 0 aliphatic carbocycles. The van der Waals surface area contributed by atoms with Gasteiger partial charge in [-0.3, -0.25) is 0 Å². The Hall–Kier alpha value is -0.330. The maximum absolute atomic E-state index is 9.49. The molecule has 0 heterocycles. The van der Waals surface area contributed by atoms with E-state index in [-0.39, 0.29) is 57.0 Å². The molecule has 0 saturated heterocycles. The van der Waals surface area contributed by atoms with E-state index in [2.05, 4.69) is 0 Å². The molecule has 0 spiro atoms. The van der Waals surface area contributed by atoms with E-state index in [1.165, 1.54) is 0 Å². The molecule has 6 nitrogen and oxygen atoms in total. The molecule has 0 unspecified atom stereocenters. The number of hydrogen-bond donors (Lipinski definition) is 0. The summed E-state index contributed by atoms with van der Waals surface area (Å²) in [6, 6.07) is 0. The molecule has 19 heavy (non-hydrogen) atoms. The van der Waals surface area contributed by atoms with Crippen molar-refractivity contribution in [2.75, 3.05) is 0 Å². The van der Waals surface area contributed by atoms with Crippen LogP contribution < -0.4 is 15.3 Å². The first-order valence-electron chi connectivity index (χ1n) is 5.91. The summed E-state index contributed by atoms with van der Waals surface area (Å²) in [6.07, 6.45) is 2.55. The summed E-state index contributed by atoms with van der Waals surface area (Å²) in [4.78, 5) is 28.5. The van der Waals surface area contributed by atoms with Crippen LogP contribution >= 0.6 is 0 Å². The number of carboxylic acid groups (broad SMARTS) is 3. The Kier molecular flexibility index (Phi) is 32.5. The van der Waals surface area contributed by atoms with E-state index in [0.717, 1.165) is 0 Å². The van der Waals surface area contributed by atoms with Gasteiger partial charge in [-0.2, -0.15) is 0 Å². The van der Waals surface area contributed by atoms with Crippen LogP contribution in [-0.4, -0.2) is 17.9 Å². The van der Waals surface area contributed by atoms with E-state index in [1.807, 2.05) is 0 Å². The Balaban J connectivity index is -0.0000000865. The molecular formula is C12H21HoO6. The van der Waals surface area contributed by atoms with E-state index < -0.39 is 17.9 Å². The van der Waals surface area contributed by atoms with Crippen LogP contribution in [0.25, 0.3) is 0 Å². The van der Waals surface area contributed by atoms with Crippen LogP contribution in [0.5, 0.6) is 0 Å². The molecule has 7 heteroatoms. The van der Waals surface area contributed by atoms with Gasteiger partial charge in [-0.15, -0.1) is 0 Å². The maximum atomic E-state index is 9.49. The number of hydrogen-bond acceptors (Lipinski definition) is 6. The first-order chi connectivity index (χ1) is 8.31. The fourth-order valence-electron chi connectivity index (χ4n) is 0.612. The van der Waals surface area contributed by atoms with Crippen molar-refractivity contribution in [1.29, 1.82) is 0 Å². The molecule has 0 fully saturated rings. The van der Waals surface area contributed by atoms with Crippen molar-refractivity contribution in [3.63, 3.8) is 0 Å². The van der Waals surface area contributed by atoms with E-state index >= 15 is 0 Å². The van der Waals surface area contributed by atoms with Crippen LogP contribution in [-0.2, 0) is 14.4 Å². The average molecular weight is 426 g/mol. The van der Waals surface area contributed by atoms with Crippen LogP contribution in [0.2, 0.25) is 0 Å². The van der Waals surface area contributed by atoms with Crippen molar-refractivity contribution in [3.8, 4) is 0 Å². The van der Waals surface area contributed by atoms with Crippen molar-refractivity contribution < 1.29 is 67.4 Å². The zero-order valence-corrected chi connectivity index (χ0v) is 13.4. The Bertz CT molecular complexity index is 192. The molecule has 0 atom stereocenters. The van der Waals surface area contributed by atoms with E-state index in [9.17, 15) is 29.7 Å². The first-order valence-corrected chi connectivity index (χ1v) is 5.91. The fraction of sp³-hybridized carbons (Fsp3) is 0.750. The molecule has 0 amide bonds. The van der Waals surface area contributed by atoms with Crippen molar-refractivity contribution in [2.24, 2.45) is 0 Å². The Morgan fingerprint density at radius 2 is 0.789 bits per heavy atom. The van der Waals surface area contributed by atoms with Gasteiger partial charge in [0.05, 0.1) is 0 Å². The van der Waals surface area contributed by atoms with Crippen molar-refractivity contribution in [3.05, 3.63) is 0 Å². The summed E-state index contributed by atoms with van der Waals surface area (Å²) in [5.41, 5.74) is 0. The number of aliphatic carboxylic acids is 3. The van der Waals surface area contributed by atoms with Crippen molar-refractivity contribution in [1.82, 2.24) is 0 Å². The van der Waals surface area contributed by atoms with Gasteiger partial charge in [0.2, 0.25) is 0 Å². The number of carboxylic acids is 3. The Labute approximate surface area is 144 Å². The van der Waals surface area contributed by atoms with Crippen LogP contribution in [0.3, 0.4) is 0 Å². The predicted octanol–water partition coefficient (Wildman–Crippen LogP) is -1.39. The third-order valence-electron chi connectivity index (χ3n) is 1.36. The quantitative estimate of drug-likeness (QED) is 0.483. The second kappa shape index (κ2) is 22.8. The summed E-state index contributed by atoms with van der Waals surface area (Å²) in [5, 5.41) is 28.5. The molecule has 0 aliphatic rings. The van der Waals surface area contributed by atoms with Gasteiger partial charge in [-0.25, -0.2) is 0 Å². The van der Waals surface area contributed by atoms with Gasteiger partial charge < -0.3 is 29.7 Å². The molecule has 0 saturated carbocycles. The van der Waals surface area contributed by atoms with Crippen LogP contribution in [0.15, 0.2) is 0 Å². The molecular weight excluding hydrogens is 405 g/mol. The normalized spacial score (nSPS) is 7.74. The summed E-state index contributed by atoms with van der Waals surface area (Å²) in [5.74, 6) is -2.88. The van der Waals surface area contributed by atoms with E-state index in [4.69, 9.17) is 0 Å². The minimum atomic E-state index is -0.961. The summed E-state index contributed by atoms with van der Waals surface area (Å²) in [6.45, 7) is 5.40. The first kappa shape index (κ1) is 27.1. The van der Waals surface area contributed by atoms with E-state index in [0.29, 0.717) is 19.3 Å². The monoisotopic (exact) mass is 426 g/mol. The van der Waals surface area contributed by atoms with Crippen LogP contribution in [0.1, 0.15) is 59.3 Å². The summed E-state index contributed by atoms with van der Waals surface area (Å²) < 4.78 is 0. The summed E-state index contributed by atoms with van der Waals surface area (Å²) >= 11 is 0. The largest absolute Gasteiger partial charge is 3.00 e. The third-order valence-corrected chi connectivity index (χ3v) is 1.36. The SMILES string of the molecule is CCCC(=O)[O-].CCCC(=O)[O-].CCCC(=O)[O-].[Ho+3]. The van der Waals surface area contributed by atoms with Gasteiger partial charge in [0.1, 0.15) is 0 Å². The second-order valence-corrected chi connectivity index (χ2v) is 3.37. The molecule has 0 aromatic heterocycles. The standard InChI is InChI=1S/3C4H8O2.Ho/c3*1-2-3-4(5)6;/h3*2-3H2,1H3,(H,5,6);/q;;;+3/p-3. The molecule has 0 bridgehead atoms. The van der Waals surface area contributed by atoms with Crippen LogP contribution in [0.4, 0.5) is 0 Å². The zero-order valence-electron chi connectivity index (χ0n) is 11.5. The van der Waals surface area contributed by atoms with E-state index in [1.54, 1.807) is 20.8 Å². The molecule has 0 aliphatic heterocycles. The van der Waals surface area contributed by atoms with Crippen LogP contribution in [0, 0.1) is 37.7 Å². The third kappa shape index (κ3) is 57.7. The minimum absolute atomic E-state index is 0. The summed E-state index contributed by atoms with van der Waals surface area (Å²) in [7, 11) is 0. The molecule has 0 aromatic rings. The number of carbonyl (C=O) groups excluding carboxylic acids is 3. The second-order valence-electron chi connectivity index (χ2n) is 3.37. The van der Waals surface area contributed by atoms with Gasteiger partial charge >= 0.3 is 37.7 Å². The van der Waals surface area contributed by atoms with Gasteiger partial charge in [0.15, 0.2) is 0 Å². The average Bonchev–Trinajstić information content (AvgIpc) is 2.18. The smallest absolute Gasteiger partial charge is 0.550 e. The predicted molar refractivity (Wildman–Crippen MR) is 59.7 cm³/mol. The Morgan fingerprint density at radius 3 is 0.789 bits per heavy atom. The fourth-order valence-corrected chi connectivity index (χ4v) is 0.612. The molecule has 0 rings (SSSR count). The molecule has 0 N–H and O–H groups in total. The maximum Gasteiger partial charge on any atom is 3.00 e. The Morgan fingerprint density at radius 1 is 0.632 bits per heavy atom. The van der Waals surface area contributed by atoms with Gasteiger partial charge in [-0.1, -0.05) is 40.0 Å².